The van der Waals surface area contributed by atoms with Gasteiger partial charge in [0.05, 0.1) is 18.4 Å². The Morgan fingerprint density at radius 1 is 1.30 bits per heavy atom. The Morgan fingerprint density at radius 3 is 2.75 bits per heavy atom. The van der Waals surface area contributed by atoms with E-state index in [1.54, 1.807) is 12.1 Å². The van der Waals surface area contributed by atoms with Crippen LogP contribution in [0.15, 0.2) is 34.4 Å². The number of esters is 1. The molecular weight excluding hydrogens is 256 g/mol. The molecule has 104 valence electrons. The summed E-state index contributed by atoms with van der Waals surface area (Å²) in [5, 5.41) is 4.14. The largest absolute Gasteiger partial charge is 0.465 e. The number of methoxy groups -OCH3 is 1. The molecule has 0 fully saturated rings. The van der Waals surface area contributed by atoms with Gasteiger partial charge in [-0.25, -0.2) is 4.79 Å². The molecule has 3 rings (SSSR count). The summed E-state index contributed by atoms with van der Waals surface area (Å²) in [6, 6.07) is 7.25. The summed E-state index contributed by atoms with van der Waals surface area (Å²) in [4.78, 5) is 21.3. The first-order valence-electron chi connectivity index (χ1n) is 6.72. The van der Waals surface area contributed by atoms with E-state index in [4.69, 9.17) is 4.84 Å². The third-order valence-corrected chi connectivity index (χ3v) is 3.58. The van der Waals surface area contributed by atoms with E-state index in [1.165, 1.54) is 7.11 Å². The second-order valence-corrected chi connectivity index (χ2v) is 4.88. The number of hydrogen-bond donors (Lipinski definition) is 0. The molecule has 0 spiro atoms. The van der Waals surface area contributed by atoms with E-state index in [2.05, 4.69) is 14.9 Å². The van der Waals surface area contributed by atoms with E-state index in [-0.39, 0.29) is 12.1 Å². The smallest absolute Gasteiger partial charge is 0.337 e. The Labute approximate surface area is 117 Å². The van der Waals surface area contributed by atoms with Crippen molar-refractivity contribution >= 4 is 17.4 Å². The van der Waals surface area contributed by atoms with Crippen LogP contribution >= 0.6 is 0 Å². The third kappa shape index (κ3) is 2.43. The van der Waals surface area contributed by atoms with Gasteiger partial charge in [0.15, 0.2) is 6.10 Å². The number of ether oxygens (including phenoxy) is 1. The zero-order chi connectivity index (χ0) is 13.9. The lowest BCUT2D eigenvalue weighted by Gasteiger charge is -2.08. The van der Waals surface area contributed by atoms with Crippen molar-refractivity contribution in [3.8, 4) is 0 Å². The number of rotatable bonds is 3. The van der Waals surface area contributed by atoms with Gasteiger partial charge in [-0.2, -0.15) is 0 Å². The van der Waals surface area contributed by atoms with Crippen molar-refractivity contribution < 1.29 is 14.4 Å². The molecule has 1 aromatic carbocycles. The van der Waals surface area contributed by atoms with Crippen LogP contribution in [-0.4, -0.2) is 31.0 Å². The molecule has 2 aliphatic rings. The molecule has 0 aliphatic carbocycles. The standard InChI is InChI=1S/C15H16N2O3/c1-19-15(18)11-6-4-10(5-7-11)14-9-13(17-20-14)12-3-2-8-16-12/h4-7,14H,2-3,8-9H2,1H3. The monoisotopic (exact) mass is 272 g/mol. The topological polar surface area (TPSA) is 60.2 Å². The Hall–Kier alpha value is -2.17. The first kappa shape index (κ1) is 12.8. The van der Waals surface area contributed by atoms with Crippen molar-refractivity contribution in [2.75, 3.05) is 13.7 Å². The number of carbonyl (C=O) groups excluding carboxylic acids is 1. The predicted octanol–water partition coefficient (Wildman–Crippen LogP) is 2.53. The van der Waals surface area contributed by atoms with Crippen LogP contribution < -0.4 is 0 Å². The van der Waals surface area contributed by atoms with Gasteiger partial charge in [-0.1, -0.05) is 17.3 Å². The van der Waals surface area contributed by atoms with Crippen LogP contribution in [-0.2, 0) is 9.57 Å². The fourth-order valence-electron chi connectivity index (χ4n) is 2.45. The average Bonchev–Trinajstić information content (AvgIpc) is 3.17. The summed E-state index contributed by atoms with van der Waals surface area (Å²) < 4.78 is 4.68. The molecule has 5 heteroatoms. The van der Waals surface area contributed by atoms with Crippen molar-refractivity contribution in [1.82, 2.24) is 0 Å². The van der Waals surface area contributed by atoms with E-state index in [0.717, 1.165) is 42.8 Å². The predicted molar refractivity (Wildman–Crippen MR) is 75.2 cm³/mol. The molecular formula is C15H16N2O3. The molecule has 0 saturated heterocycles. The maximum Gasteiger partial charge on any atom is 0.337 e. The van der Waals surface area contributed by atoms with Crippen LogP contribution in [0.1, 0.15) is 41.3 Å². The molecule has 2 heterocycles. The van der Waals surface area contributed by atoms with Gasteiger partial charge in [0.2, 0.25) is 0 Å². The minimum atomic E-state index is -0.332. The highest BCUT2D eigenvalue weighted by Gasteiger charge is 2.27. The van der Waals surface area contributed by atoms with Crippen LogP contribution in [0.25, 0.3) is 0 Å². The first-order valence-corrected chi connectivity index (χ1v) is 6.72. The number of benzene rings is 1. The molecule has 5 nitrogen and oxygen atoms in total. The number of aliphatic imine (C=N–C) groups is 1. The van der Waals surface area contributed by atoms with E-state index in [1.807, 2.05) is 12.1 Å². The fraction of sp³-hybridized carbons (Fsp3) is 0.400. The summed E-state index contributed by atoms with van der Waals surface area (Å²) in [6.07, 6.45) is 2.76. The average molecular weight is 272 g/mol. The second kappa shape index (κ2) is 5.45. The second-order valence-electron chi connectivity index (χ2n) is 4.88. The van der Waals surface area contributed by atoms with Gasteiger partial charge in [-0.05, 0) is 30.5 Å². The van der Waals surface area contributed by atoms with Crippen molar-refractivity contribution in [3.05, 3.63) is 35.4 Å². The van der Waals surface area contributed by atoms with Crippen molar-refractivity contribution in [2.45, 2.75) is 25.4 Å². The molecule has 0 N–H and O–H groups in total. The van der Waals surface area contributed by atoms with Gasteiger partial charge in [-0.3, -0.25) is 4.99 Å². The Bertz CT molecular complexity index is 575. The minimum absolute atomic E-state index is 0.0833. The Kier molecular flexibility index (Phi) is 3.50. The summed E-state index contributed by atoms with van der Waals surface area (Å²) in [7, 11) is 1.37. The van der Waals surface area contributed by atoms with Gasteiger partial charge in [0, 0.05) is 13.0 Å². The Morgan fingerprint density at radius 2 is 2.10 bits per heavy atom. The number of hydrogen-bond acceptors (Lipinski definition) is 5. The van der Waals surface area contributed by atoms with Gasteiger partial charge >= 0.3 is 5.97 Å². The molecule has 0 saturated carbocycles. The lowest BCUT2D eigenvalue weighted by atomic mass is 10.0. The van der Waals surface area contributed by atoms with Crippen molar-refractivity contribution in [1.29, 1.82) is 0 Å². The SMILES string of the molecule is COC(=O)c1ccc(C2CC(C3=NCCC3)=NO2)cc1. The minimum Gasteiger partial charge on any atom is -0.465 e. The zero-order valence-electron chi connectivity index (χ0n) is 11.3. The number of nitrogens with zero attached hydrogens (tertiary/aromatic N) is 2. The summed E-state index contributed by atoms with van der Waals surface area (Å²) >= 11 is 0. The molecule has 1 aromatic rings. The van der Waals surface area contributed by atoms with E-state index in [9.17, 15) is 4.79 Å². The summed E-state index contributed by atoms with van der Waals surface area (Å²) in [5.74, 6) is -0.332. The molecule has 0 aromatic heterocycles. The molecule has 1 atom stereocenters. The lowest BCUT2D eigenvalue weighted by molar-refractivity contribution is 0.0600. The Balaban J connectivity index is 1.68. The van der Waals surface area contributed by atoms with Crippen LogP contribution in [0.2, 0.25) is 0 Å². The van der Waals surface area contributed by atoms with Crippen LogP contribution in [0, 0.1) is 0 Å². The fourth-order valence-corrected chi connectivity index (χ4v) is 2.45. The molecule has 1 unspecified atom stereocenters. The number of oxime groups is 1. The van der Waals surface area contributed by atoms with Crippen molar-refractivity contribution in [2.24, 2.45) is 10.1 Å². The highest BCUT2D eigenvalue weighted by molar-refractivity contribution is 6.43. The molecule has 0 amide bonds. The van der Waals surface area contributed by atoms with Crippen molar-refractivity contribution in [3.63, 3.8) is 0 Å². The quantitative estimate of drug-likeness (QED) is 0.794. The van der Waals surface area contributed by atoms with Gasteiger partial charge < -0.3 is 9.57 Å². The summed E-state index contributed by atoms with van der Waals surface area (Å²) in [6.45, 7) is 0.896. The molecule has 2 aliphatic heterocycles. The number of carbonyl (C=O) groups is 1. The maximum atomic E-state index is 11.4. The molecule has 0 radical (unpaired) electrons. The van der Waals surface area contributed by atoms with Crippen LogP contribution in [0.5, 0.6) is 0 Å². The van der Waals surface area contributed by atoms with Crippen LogP contribution in [0.4, 0.5) is 0 Å². The lowest BCUT2D eigenvalue weighted by Crippen LogP contribution is -2.10. The van der Waals surface area contributed by atoms with Gasteiger partial charge in [0.25, 0.3) is 0 Å². The molecule has 20 heavy (non-hydrogen) atoms. The van der Waals surface area contributed by atoms with E-state index in [0.29, 0.717) is 5.56 Å². The third-order valence-electron chi connectivity index (χ3n) is 3.58. The zero-order valence-corrected chi connectivity index (χ0v) is 11.3. The van der Waals surface area contributed by atoms with Crippen LogP contribution in [0.3, 0.4) is 0 Å². The summed E-state index contributed by atoms with van der Waals surface area (Å²) in [5.41, 5.74) is 3.59. The highest BCUT2D eigenvalue weighted by Crippen LogP contribution is 2.29. The van der Waals surface area contributed by atoms with E-state index < -0.39 is 0 Å². The van der Waals surface area contributed by atoms with Gasteiger partial charge in [-0.15, -0.1) is 0 Å². The first-order chi connectivity index (χ1) is 9.78. The normalized spacial score (nSPS) is 21.1. The maximum absolute atomic E-state index is 11.4. The van der Waals surface area contributed by atoms with E-state index >= 15 is 0 Å². The molecule has 0 bridgehead atoms. The van der Waals surface area contributed by atoms with Gasteiger partial charge in [0.1, 0.15) is 5.71 Å². The highest BCUT2D eigenvalue weighted by atomic mass is 16.6.